The molecule has 0 amide bonds. The van der Waals surface area contributed by atoms with Crippen molar-refractivity contribution in [2.75, 3.05) is 0 Å². The average Bonchev–Trinajstić information content (AvgIpc) is 2.14. The van der Waals surface area contributed by atoms with Gasteiger partial charge in [0, 0.05) is 0 Å². The van der Waals surface area contributed by atoms with Crippen LogP contribution in [0.1, 0.15) is 5.89 Å². The van der Waals surface area contributed by atoms with Gasteiger partial charge in [0.25, 0.3) is 5.88 Å². The molecule has 1 rings (SSSR count). The minimum Gasteiger partial charge on any atom is -0.491 e. The van der Waals surface area contributed by atoms with Crippen molar-refractivity contribution in [1.29, 1.82) is 0 Å². The first kappa shape index (κ1) is 5.08. The summed E-state index contributed by atoms with van der Waals surface area (Å²) in [5.74, 6) is -0.375. The molecule has 0 radical (unpaired) electrons. The maximum Gasteiger partial charge on any atom is 0.250 e. The smallest absolute Gasteiger partial charge is 0.250 e. The van der Waals surface area contributed by atoms with Gasteiger partial charge in [-0.25, -0.2) is 4.39 Å². The standard InChI is InChI=1S/C4H4FNO2/c5-1-4-6-3(7)2-8-4/h2,7H,1H2. The number of rotatable bonds is 1. The van der Waals surface area contributed by atoms with Crippen molar-refractivity contribution in [3.63, 3.8) is 0 Å². The zero-order chi connectivity index (χ0) is 5.98. The summed E-state index contributed by atoms with van der Waals surface area (Å²) in [6.07, 6.45) is 0.981. The lowest BCUT2D eigenvalue weighted by Gasteiger charge is -1.75. The van der Waals surface area contributed by atoms with Crippen LogP contribution in [0.4, 0.5) is 4.39 Å². The van der Waals surface area contributed by atoms with Crippen molar-refractivity contribution in [1.82, 2.24) is 4.98 Å². The number of aromatic hydroxyl groups is 1. The highest BCUT2D eigenvalue weighted by molar-refractivity contribution is 4.98. The fourth-order valence-electron chi connectivity index (χ4n) is 0.363. The van der Waals surface area contributed by atoms with Gasteiger partial charge in [-0.15, -0.1) is 0 Å². The highest BCUT2D eigenvalue weighted by atomic mass is 19.1. The zero-order valence-corrected chi connectivity index (χ0v) is 3.97. The van der Waals surface area contributed by atoms with Gasteiger partial charge in [-0.1, -0.05) is 0 Å². The Hall–Kier alpha value is -1.06. The molecule has 8 heavy (non-hydrogen) atoms. The average molecular weight is 117 g/mol. The molecule has 0 spiro atoms. The fourth-order valence-corrected chi connectivity index (χ4v) is 0.363. The molecular weight excluding hydrogens is 113 g/mol. The predicted molar refractivity (Wildman–Crippen MR) is 23.0 cm³/mol. The molecule has 0 aliphatic rings. The third-order valence-corrected chi connectivity index (χ3v) is 0.654. The third-order valence-electron chi connectivity index (χ3n) is 0.654. The lowest BCUT2D eigenvalue weighted by molar-refractivity contribution is 0.380. The van der Waals surface area contributed by atoms with Crippen LogP contribution in [0.15, 0.2) is 10.7 Å². The van der Waals surface area contributed by atoms with Gasteiger partial charge >= 0.3 is 0 Å². The Kier molecular flexibility index (Phi) is 1.15. The Morgan fingerprint density at radius 2 is 2.62 bits per heavy atom. The Bertz CT molecular complexity index is 174. The fraction of sp³-hybridized carbons (Fsp3) is 0.250. The molecule has 4 heteroatoms. The van der Waals surface area contributed by atoms with Gasteiger partial charge in [-0.3, -0.25) is 0 Å². The van der Waals surface area contributed by atoms with E-state index >= 15 is 0 Å². The predicted octanol–water partition coefficient (Wildman–Crippen LogP) is 0.850. The van der Waals surface area contributed by atoms with E-state index < -0.39 is 6.67 Å². The SMILES string of the molecule is Oc1coc(CF)n1. The number of nitrogens with zero attached hydrogens (tertiary/aromatic N) is 1. The zero-order valence-electron chi connectivity index (χ0n) is 3.97. The van der Waals surface area contributed by atoms with Crippen molar-refractivity contribution in [3.8, 4) is 5.88 Å². The van der Waals surface area contributed by atoms with Crippen LogP contribution in [0.5, 0.6) is 5.88 Å². The molecule has 3 nitrogen and oxygen atoms in total. The summed E-state index contributed by atoms with van der Waals surface area (Å²) in [6, 6.07) is 0. The molecule has 0 aliphatic carbocycles. The Labute approximate surface area is 44.8 Å². The number of alkyl halides is 1. The summed E-state index contributed by atoms with van der Waals surface area (Å²) in [4.78, 5) is 3.24. The van der Waals surface area contributed by atoms with E-state index in [0.29, 0.717) is 0 Å². The molecule has 1 aromatic rings. The highest BCUT2D eigenvalue weighted by Gasteiger charge is 1.97. The molecule has 1 N–H and O–H groups in total. The molecule has 0 aliphatic heterocycles. The second-order valence-corrected chi connectivity index (χ2v) is 1.23. The number of hydrogen-bond acceptors (Lipinski definition) is 3. The van der Waals surface area contributed by atoms with Crippen LogP contribution in [0.3, 0.4) is 0 Å². The molecule has 0 fully saturated rings. The Morgan fingerprint density at radius 3 is 2.88 bits per heavy atom. The van der Waals surface area contributed by atoms with Crippen molar-refractivity contribution < 1.29 is 13.9 Å². The van der Waals surface area contributed by atoms with Crippen LogP contribution in [-0.2, 0) is 6.67 Å². The lowest BCUT2D eigenvalue weighted by Crippen LogP contribution is -1.73. The van der Waals surface area contributed by atoms with Gasteiger partial charge in [0.05, 0.1) is 0 Å². The van der Waals surface area contributed by atoms with Gasteiger partial charge in [0.15, 0.2) is 12.9 Å². The number of hydrogen-bond donors (Lipinski definition) is 1. The topological polar surface area (TPSA) is 46.3 Å². The largest absolute Gasteiger partial charge is 0.491 e. The quantitative estimate of drug-likeness (QED) is 0.593. The number of halogens is 1. The maximum atomic E-state index is 11.5. The third kappa shape index (κ3) is 0.776. The van der Waals surface area contributed by atoms with E-state index in [1.807, 2.05) is 0 Å². The second kappa shape index (κ2) is 1.81. The van der Waals surface area contributed by atoms with Crippen LogP contribution in [0.25, 0.3) is 0 Å². The monoisotopic (exact) mass is 117 g/mol. The van der Waals surface area contributed by atoms with Crippen LogP contribution >= 0.6 is 0 Å². The van der Waals surface area contributed by atoms with Crippen LogP contribution in [0, 0.1) is 0 Å². The molecule has 0 saturated heterocycles. The van der Waals surface area contributed by atoms with Gasteiger partial charge < -0.3 is 9.52 Å². The summed E-state index contributed by atoms with van der Waals surface area (Å²) in [5.41, 5.74) is 0. The molecule has 44 valence electrons. The first-order chi connectivity index (χ1) is 3.83. The van der Waals surface area contributed by atoms with Gasteiger partial charge in [0.2, 0.25) is 5.89 Å². The van der Waals surface area contributed by atoms with Crippen molar-refractivity contribution in [2.45, 2.75) is 6.67 Å². The molecule has 1 heterocycles. The van der Waals surface area contributed by atoms with Crippen LogP contribution in [-0.4, -0.2) is 10.1 Å². The molecule has 0 aromatic carbocycles. The molecule has 0 unspecified atom stereocenters. The van der Waals surface area contributed by atoms with Gasteiger partial charge in [0.1, 0.15) is 0 Å². The van der Waals surface area contributed by atoms with Crippen LogP contribution in [0.2, 0.25) is 0 Å². The van der Waals surface area contributed by atoms with E-state index in [-0.39, 0.29) is 11.8 Å². The number of oxazole rings is 1. The molecule has 0 saturated carbocycles. The van der Waals surface area contributed by atoms with E-state index in [9.17, 15) is 4.39 Å². The Morgan fingerprint density at radius 1 is 1.88 bits per heavy atom. The van der Waals surface area contributed by atoms with Crippen molar-refractivity contribution in [2.24, 2.45) is 0 Å². The first-order valence-corrected chi connectivity index (χ1v) is 2.02. The van der Waals surface area contributed by atoms with E-state index in [0.717, 1.165) is 6.26 Å². The summed E-state index contributed by atoms with van der Waals surface area (Å²) in [6.45, 7) is -0.777. The lowest BCUT2D eigenvalue weighted by atomic mass is 10.7. The molecule has 0 bridgehead atoms. The summed E-state index contributed by atoms with van der Waals surface area (Å²) in [7, 11) is 0. The summed E-state index contributed by atoms with van der Waals surface area (Å²) < 4.78 is 15.8. The molecular formula is C4H4FNO2. The van der Waals surface area contributed by atoms with Gasteiger partial charge in [-0.05, 0) is 0 Å². The van der Waals surface area contributed by atoms with Crippen molar-refractivity contribution >= 4 is 0 Å². The van der Waals surface area contributed by atoms with E-state index in [2.05, 4.69) is 9.40 Å². The first-order valence-electron chi connectivity index (χ1n) is 2.02. The minimum absolute atomic E-state index is 0.0949. The minimum atomic E-state index is -0.777. The summed E-state index contributed by atoms with van der Waals surface area (Å²) >= 11 is 0. The maximum absolute atomic E-state index is 11.5. The normalized spacial score (nSPS) is 9.62. The Balaban J connectivity index is 2.84. The van der Waals surface area contributed by atoms with E-state index in [1.54, 1.807) is 0 Å². The van der Waals surface area contributed by atoms with Crippen molar-refractivity contribution in [3.05, 3.63) is 12.2 Å². The van der Waals surface area contributed by atoms with E-state index in [1.165, 1.54) is 0 Å². The van der Waals surface area contributed by atoms with Gasteiger partial charge in [-0.2, -0.15) is 4.98 Å². The second-order valence-electron chi connectivity index (χ2n) is 1.23. The highest BCUT2D eigenvalue weighted by Crippen LogP contribution is 2.07. The molecule has 1 aromatic heterocycles. The molecule has 0 atom stereocenters. The van der Waals surface area contributed by atoms with E-state index in [4.69, 9.17) is 5.11 Å². The summed E-state index contributed by atoms with van der Waals surface area (Å²) in [5, 5.41) is 8.41. The number of aromatic nitrogens is 1. The van der Waals surface area contributed by atoms with Crippen LogP contribution < -0.4 is 0 Å².